The zero-order valence-electron chi connectivity index (χ0n) is 21.9. The predicted octanol–water partition coefficient (Wildman–Crippen LogP) is 6.25. The van der Waals surface area contributed by atoms with E-state index in [0.717, 1.165) is 31.0 Å². The number of nitrogens with one attached hydrogen (secondary N) is 1. The number of hydrogen-bond acceptors (Lipinski definition) is 7. The molecule has 3 aromatic rings. The molecule has 0 bridgehead atoms. The van der Waals surface area contributed by atoms with E-state index in [-0.39, 0.29) is 30.3 Å². The van der Waals surface area contributed by atoms with Gasteiger partial charge in [0.05, 0.1) is 16.8 Å². The first kappa shape index (κ1) is 31.6. The van der Waals surface area contributed by atoms with Crippen LogP contribution in [0.1, 0.15) is 35.2 Å². The topological polar surface area (TPSA) is 117 Å². The molecule has 1 aromatic carbocycles. The Morgan fingerprint density at radius 1 is 0.953 bits per heavy atom. The molecule has 4 N–H and O–H groups in total. The quantitative estimate of drug-likeness (QED) is 0.293. The standard InChI is InChI=1S/C24H22F6N6.C2HF3O2/c25-23(26,27)14-5-7-15(8-6-14)33-20-16-9-11-36(21-17(24(28,29)30)2-1-10-32-21)19(13-3-4-13)12-18(16)34-22(31)35-20;3-2(4,5)1(6)7/h1-2,5-8,10,13,19H,3-4,9,11-12H2,(H3,31,33,34,35);(H,6,7). The van der Waals surface area contributed by atoms with Crippen molar-refractivity contribution in [3.63, 3.8) is 0 Å². The fourth-order valence-corrected chi connectivity index (χ4v) is 4.68. The Balaban J connectivity index is 0.000000541. The lowest BCUT2D eigenvalue weighted by molar-refractivity contribution is -0.192. The Morgan fingerprint density at radius 3 is 2.12 bits per heavy atom. The summed E-state index contributed by atoms with van der Waals surface area (Å²) in [4.78, 5) is 23.4. The normalized spacial score (nSPS) is 17.3. The number of carboxylic acid groups (broad SMARTS) is 1. The van der Waals surface area contributed by atoms with Gasteiger partial charge in [-0.1, -0.05) is 0 Å². The van der Waals surface area contributed by atoms with Gasteiger partial charge in [0.25, 0.3) is 0 Å². The first-order valence-electron chi connectivity index (χ1n) is 12.6. The first-order chi connectivity index (χ1) is 19.9. The Labute approximate surface area is 237 Å². The molecule has 17 heteroatoms. The van der Waals surface area contributed by atoms with E-state index >= 15 is 0 Å². The fraction of sp³-hybridized carbons (Fsp3) is 0.385. The third-order valence-electron chi connectivity index (χ3n) is 6.76. The maximum Gasteiger partial charge on any atom is 0.490 e. The van der Waals surface area contributed by atoms with E-state index in [4.69, 9.17) is 15.6 Å². The van der Waals surface area contributed by atoms with Gasteiger partial charge >= 0.3 is 24.5 Å². The van der Waals surface area contributed by atoms with Crippen molar-refractivity contribution in [2.45, 2.75) is 50.3 Å². The lowest BCUT2D eigenvalue weighted by Crippen LogP contribution is -2.40. The summed E-state index contributed by atoms with van der Waals surface area (Å²) < 4.78 is 112. The molecule has 3 heterocycles. The summed E-state index contributed by atoms with van der Waals surface area (Å²) in [5, 5.41) is 10.1. The fourth-order valence-electron chi connectivity index (χ4n) is 4.68. The van der Waals surface area contributed by atoms with Crippen molar-refractivity contribution in [1.82, 2.24) is 15.0 Å². The number of pyridine rings is 1. The second kappa shape index (κ2) is 11.8. The maximum absolute atomic E-state index is 13.8. The van der Waals surface area contributed by atoms with Gasteiger partial charge in [0.1, 0.15) is 11.6 Å². The van der Waals surface area contributed by atoms with Gasteiger partial charge in [-0.25, -0.2) is 14.8 Å². The molecule has 1 saturated carbocycles. The monoisotopic (exact) mass is 622 g/mol. The number of anilines is 4. The summed E-state index contributed by atoms with van der Waals surface area (Å²) >= 11 is 0. The van der Waals surface area contributed by atoms with Crippen molar-refractivity contribution >= 4 is 29.2 Å². The van der Waals surface area contributed by atoms with E-state index in [0.29, 0.717) is 35.6 Å². The highest BCUT2D eigenvalue weighted by atomic mass is 19.4. The molecule has 0 amide bonds. The predicted molar refractivity (Wildman–Crippen MR) is 135 cm³/mol. The lowest BCUT2D eigenvalue weighted by atomic mass is 10.0. The highest BCUT2D eigenvalue weighted by molar-refractivity contribution is 5.73. The summed E-state index contributed by atoms with van der Waals surface area (Å²) in [6.07, 6.45) is -10.3. The molecule has 1 unspecified atom stereocenters. The average Bonchev–Trinajstić information content (AvgIpc) is 3.74. The number of rotatable bonds is 4. The van der Waals surface area contributed by atoms with Crippen molar-refractivity contribution in [2.75, 3.05) is 22.5 Å². The van der Waals surface area contributed by atoms with Crippen molar-refractivity contribution in [3.05, 3.63) is 65.0 Å². The second-order valence-electron chi connectivity index (χ2n) is 9.78. The van der Waals surface area contributed by atoms with Crippen LogP contribution < -0.4 is 16.0 Å². The average molecular weight is 622 g/mol. The Morgan fingerprint density at radius 2 is 1.58 bits per heavy atom. The van der Waals surface area contributed by atoms with Gasteiger partial charge in [-0.2, -0.15) is 44.5 Å². The molecular weight excluding hydrogens is 599 g/mol. The number of benzene rings is 1. The van der Waals surface area contributed by atoms with E-state index in [1.807, 2.05) is 0 Å². The molecule has 8 nitrogen and oxygen atoms in total. The molecule has 1 fully saturated rings. The summed E-state index contributed by atoms with van der Waals surface area (Å²) in [6, 6.07) is 6.52. The molecule has 232 valence electrons. The minimum atomic E-state index is -5.08. The number of carboxylic acids is 1. The van der Waals surface area contributed by atoms with Crippen molar-refractivity contribution in [2.24, 2.45) is 5.92 Å². The third-order valence-corrected chi connectivity index (χ3v) is 6.76. The van der Waals surface area contributed by atoms with Crippen molar-refractivity contribution < 1.29 is 49.4 Å². The zero-order chi connectivity index (χ0) is 31.7. The number of nitrogens with zero attached hydrogens (tertiary/aromatic N) is 4. The second-order valence-corrected chi connectivity index (χ2v) is 9.78. The summed E-state index contributed by atoms with van der Waals surface area (Å²) in [5.41, 5.74) is 6.01. The van der Waals surface area contributed by atoms with Gasteiger partial charge in [-0.05, 0) is 61.6 Å². The van der Waals surface area contributed by atoms with Crippen molar-refractivity contribution in [1.29, 1.82) is 0 Å². The number of nitrogen functional groups attached to an aromatic ring is 1. The molecule has 1 aliphatic heterocycles. The van der Waals surface area contributed by atoms with Gasteiger partial charge in [0.15, 0.2) is 0 Å². The highest BCUT2D eigenvalue weighted by Gasteiger charge is 2.43. The number of carbonyl (C=O) groups is 1. The molecule has 1 atom stereocenters. The van der Waals surface area contributed by atoms with Gasteiger partial charge < -0.3 is 21.1 Å². The van der Waals surface area contributed by atoms with E-state index in [1.165, 1.54) is 24.4 Å². The number of hydrogen-bond donors (Lipinski definition) is 3. The van der Waals surface area contributed by atoms with Crippen LogP contribution in [0.25, 0.3) is 0 Å². The Bertz CT molecular complexity index is 1460. The minimum absolute atomic E-state index is 0.0278. The number of nitrogens with two attached hydrogens (primary N) is 1. The minimum Gasteiger partial charge on any atom is -0.475 e. The molecule has 0 radical (unpaired) electrons. The van der Waals surface area contributed by atoms with E-state index in [1.54, 1.807) is 4.90 Å². The molecular formula is C26H23F9N6O2. The smallest absolute Gasteiger partial charge is 0.475 e. The third kappa shape index (κ3) is 7.75. The van der Waals surface area contributed by atoms with Crippen LogP contribution in [0, 0.1) is 5.92 Å². The summed E-state index contributed by atoms with van der Waals surface area (Å²) in [6.45, 7) is 0.239. The largest absolute Gasteiger partial charge is 0.490 e. The molecule has 0 spiro atoms. The Kier molecular flexibility index (Phi) is 8.65. The lowest BCUT2D eigenvalue weighted by Gasteiger charge is -2.33. The van der Waals surface area contributed by atoms with Gasteiger partial charge in [0, 0.05) is 36.5 Å². The SMILES string of the molecule is Nc1nc2c(c(Nc3ccc(C(F)(F)F)cc3)n1)CCN(c1ncccc1C(F)(F)F)C(C1CC1)C2.O=C(O)C(F)(F)F. The summed E-state index contributed by atoms with van der Waals surface area (Å²) in [7, 11) is 0. The zero-order valence-corrected chi connectivity index (χ0v) is 21.9. The molecule has 43 heavy (non-hydrogen) atoms. The van der Waals surface area contributed by atoms with E-state index in [2.05, 4.69) is 20.3 Å². The van der Waals surface area contributed by atoms with Crippen LogP contribution in [0.2, 0.25) is 0 Å². The number of alkyl halides is 9. The van der Waals surface area contributed by atoms with E-state index < -0.39 is 35.6 Å². The van der Waals surface area contributed by atoms with Crippen LogP contribution in [0.5, 0.6) is 0 Å². The molecule has 5 rings (SSSR count). The Hall–Kier alpha value is -4.31. The molecule has 2 aliphatic rings. The van der Waals surface area contributed by atoms with Crippen LogP contribution in [0.15, 0.2) is 42.6 Å². The van der Waals surface area contributed by atoms with E-state index in [9.17, 15) is 39.5 Å². The molecule has 0 saturated heterocycles. The van der Waals surface area contributed by atoms with Gasteiger partial charge in [0.2, 0.25) is 5.95 Å². The number of halogens is 9. The van der Waals surface area contributed by atoms with Crippen LogP contribution >= 0.6 is 0 Å². The van der Waals surface area contributed by atoms with Crippen LogP contribution in [0.4, 0.5) is 62.8 Å². The van der Waals surface area contributed by atoms with Gasteiger partial charge in [-0.3, -0.25) is 0 Å². The molecule has 2 aromatic heterocycles. The number of fused-ring (bicyclic) bond motifs is 1. The maximum atomic E-state index is 13.8. The van der Waals surface area contributed by atoms with Crippen LogP contribution in [-0.4, -0.2) is 44.8 Å². The van der Waals surface area contributed by atoms with Crippen LogP contribution in [0.3, 0.4) is 0 Å². The number of aliphatic carboxylic acids is 1. The number of aromatic nitrogens is 3. The highest BCUT2D eigenvalue weighted by Crippen LogP contribution is 2.43. The first-order valence-corrected chi connectivity index (χ1v) is 12.6. The summed E-state index contributed by atoms with van der Waals surface area (Å²) in [5.74, 6) is -2.38. The molecule has 1 aliphatic carbocycles. The van der Waals surface area contributed by atoms with Gasteiger partial charge in [-0.15, -0.1) is 0 Å². The van der Waals surface area contributed by atoms with Crippen LogP contribution in [-0.2, 0) is 30.0 Å². The van der Waals surface area contributed by atoms with Crippen molar-refractivity contribution in [3.8, 4) is 0 Å².